The predicted molar refractivity (Wildman–Crippen MR) is 60.6 cm³/mol. The highest BCUT2D eigenvalue weighted by Crippen LogP contribution is 2.27. The van der Waals surface area contributed by atoms with E-state index in [1.54, 1.807) is 0 Å². The summed E-state index contributed by atoms with van der Waals surface area (Å²) in [6.45, 7) is 2.32. The van der Waals surface area contributed by atoms with Crippen molar-refractivity contribution in [1.29, 1.82) is 0 Å². The van der Waals surface area contributed by atoms with E-state index < -0.39 is 0 Å². The smallest absolute Gasteiger partial charge is 0.0894 e. The van der Waals surface area contributed by atoms with Crippen molar-refractivity contribution in [2.75, 3.05) is 26.7 Å². The quantitative estimate of drug-likeness (QED) is 0.785. The Morgan fingerprint density at radius 3 is 2.80 bits per heavy atom. The summed E-state index contributed by atoms with van der Waals surface area (Å²) in [6, 6.07) is 10.7. The lowest BCUT2D eigenvalue weighted by Gasteiger charge is -2.38. The van der Waals surface area contributed by atoms with Gasteiger partial charge in [0.05, 0.1) is 18.8 Å². The minimum atomic E-state index is 0.117. The van der Waals surface area contributed by atoms with Crippen molar-refractivity contribution in [1.82, 2.24) is 4.90 Å². The molecule has 0 saturated carbocycles. The molecule has 0 aliphatic carbocycles. The molecule has 1 aliphatic heterocycles. The molecule has 1 aliphatic rings. The minimum absolute atomic E-state index is 0.117. The van der Waals surface area contributed by atoms with Gasteiger partial charge in [0.1, 0.15) is 0 Å². The molecule has 3 heteroatoms. The molecule has 0 unspecified atom stereocenters. The molecule has 2 rings (SSSR count). The third-order valence-electron chi connectivity index (χ3n) is 2.98. The van der Waals surface area contributed by atoms with Gasteiger partial charge in [-0.2, -0.15) is 0 Å². The van der Waals surface area contributed by atoms with E-state index in [-0.39, 0.29) is 6.10 Å². The van der Waals surface area contributed by atoms with Crippen LogP contribution in [0.1, 0.15) is 11.6 Å². The maximum absolute atomic E-state index is 5.74. The lowest BCUT2D eigenvalue weighted by Crippen LogP contribution is -2.46. The maximum atomic E-state index is 5.74. The summed E-state index contributed by atoms with van der Waals surface area (Å²) >= 11 is 0. The van der Waals surface area contributed by atoms with Gasteiger partial charge >= 0.3 is 0 Å². The molecule has 0 radical (unpaired) electrons. The van der Waals surface area contributed by atoms with Gasteiger partial charge in [0.15, 0.2) is 0 Å². The molecular formula is C12H18N2O. The lowest BCUT2D eigenvalue weighted by molar-refractivity contribution is -0.0576. The van der Waals surface area contributed by atoms with Gasteiger partial charge in [0.2, 0.25) is 0 Å². The number of hydrogen-bond acceptors (Lipinski definition) is 3. The Morgan fingerprint density at radius 2 is 2.13 bits per heavy atom. The third kappa shape index (κ3) is 2.20. The monoisotopic (exact) mass is 206 g/mol. The lowest BCUT2D eigenvalue weighted by atomic mass is 9.99. The fourth-order valence-electron chi connectivity index (χ4n) is 2.18. The number of ether oxygens (including phenoxy) is 1. The van der Waals surface area contributed by atoms with Gasteiger partial charge in [0.25, 0.3) is 0 Å². The van der Waals surface area contributed by atoms with E-state index in [0.717, 1.165) is 13.2 Å². The first kappa shape index (κ1) is 10.6. The number of rotatable bonds is 2. The number of likely N-dealkylation sites (N-methyl/N-ethyl adjacent to an activating group) is 1. The topological polar surface area (TPSA) is 38.5 Å². The maximum Gasteiger partial charge on any atom is 0.0894 e. The second-order valence-corrected chi connectivity index (χ2v) is 3.98. The predicted octanol–water partition coefficient (Wildman–Crippen LogP) is 1.02. The molecule has 1 heterocycles. The van der Waals surface area contributed by atoms with Crippen molar-refractivity contribution in [3.8, 4) is 0 Å². The second-order valence-electron chi connectivity index (χ2n) is 3.98. The molecule has 0 bridgehead atoms. The molecule has 2 atom stereocenters. The first-order valence-electron chi connectivity index (χ1n) is 5.40. The van der Waals surface area contributed by atoms with Crippen LogP contribution in [-0.4, -0.2) is 37.7 Å². The van der Waals surface area contributed by atoms with Crippen molar-refractivity contribution in [2.24, 2.45) is 5.73 Å². The number of hydrogen-bond donors (Lipinski definition) is 1. The second kappa shape index (κ2) is 4.75. The highest BCUT2D eigenvalue weighted by atomic mass is 16.5. The van der Waals surface area contributed by atoms with Crippen LogP contribution in [0.15, 0.2) is 30.3 Å². The van der Waals surface area contributed by atoms with Crippen LogP contribution in [-0.2, 0) is 4.74 Å². The highest BCUT2D eigenvalue weighted by Gasteiger charge is 2.29. The Hall–Kier alpha value is -0.900. The van der Waals surface area contributed by atoms with Crippen molar-refractivity contribution in [3.63, 3.8) is 0 Å². The molecule has 2 N–H and O–H groups in total. The first-order valence-corrected chi connectivity index (χ1v) is 5.40. The van der Waals surface area contributed by atoms with Crippen LogP contribution < -0.4 is 5.73 Å². The molecule has 1 aromatic rings. The summed E-state index contributed by atoms with van der Waals surface area (Å²) in [5, 5.41) is 0. The number of benzene rings is 1. The molecule has 1 aromatic carbocycles. The van der Waals surface area contributed by atoms with Gasteiger partial charge in [-0.15, -0.1) is 0 Å². The van der Waals surface area contributed by atoms with E-state index in [4.69, 9.17) is 10.5 Å². The Labute approximate surface area is 90.8 Å². The van der Waals surface area contributed by atoms with Crippen molar-refractivity contribution < 1.29 is 4.74 Å². The molecule has 0 spiro atoms. The number of nitrogens with zero attached hydrogens (tertiary/aromatic N) is 1. The van der Waals surface area contributed by atoms with E-state index in [9.17, 15) is 0 Å². The average Bonchev–Trinajstić information content (AvgIpc) is 2.29. The molecule has 15 heavy (non-hydrogen) atoms. The van der Waals surface area contributed by atoms with E-state index in [1.165, 1.54) is 5.56 Å². The van der Waals surface area contributed by atoms with Crippen LogP contribution in [0.4, 0.5) is 0 Å². The van der Waals surface area contributed by atoms with Gasteiger partial charge < -0.3 is 10.5 Å². The number of nitrogens with two attached hydrogens (primary N) is 1. The fraction of sp³-hybridized carbons (Fsp3) is 0.500. The van der Waals surface area contributed by atoms with Crippen LogP contribution in [0.2, 0.25) is 0 Å². The van der Waals surface area contributed by atoms with Crippen LogP contribution in [0.3, 0.4) is 0 Å². The van der Waals surface area contributed by atoms with Crippen LogP contribution in [0.25, 0.3) is 0 Å². The summed E-state index contributed by atoms with van der Waals surface area (Å²) < 4.78 is 5.70. The summed E-state index contributed by atoms with van der Waals surface area (Å²) in [4.78, 5) is 2.32. The molecule has 82 valence electrons. The van der Waals surface area contributed by atoms with Gasteiger partial charge in [-0.3, -0.25) is 4.90 Å². The summed E-state index contributed by atoms with van der Waals surface area (Å²) in [6.07, 6.45) is 0.117. The summed E-state index contributed by atoms with van der Waals surface area (Å²) in [5.41, 5.74) is 7.03. The normalized spacial score (nSPS) is 27.9. The van der Waals surface area contributed by atoms with Crippen molar-refractivity contribution >= 4 is 0 Å². The zero-order chi connectivity index (χ0) is 10.7. The summed E-state index contributed by atoms with van der Waals surface area (Å²) in [5.74, 6) is 0. The van der Waals surface area contributed by atoms with Gasteiger partial charge in [-0.05, 0) is 12.6 Å². The van der Waals surface area contributed by atoms with Crippen LogP contribution in [0.5, 0.6) is 0 Å². The van der Waals surface area contributed by atoms with Crippen LogP contribution >= 0.6 is 0 Å². The standard InChI is InChI=1S/C12H18N2O/c1-14-7-8-15-11(9-13)12(14)10-5-3-2-4-6-10/h2-6,11-12H,7-9,13H2,1H3/t11-,12-/m1/s1. The minimum Gasteiger partial charge on any atom is -0.374 e. The molecular weight excluding hydrogens is 188 g/mol. The SMILES string of the molecule is CN1CCO[C@H](CN)[C@H]1c1ccccc1. The van der Waals surface area contributed by atoms with E-state index in [0.29, 0.717) is 12.6 Å². The van der Waals surface area contributed by atoms with Gasteiger partial charge in [-0.1, -0.05) is 30.3 Å². The van der Waals surface area contributed by atoms with Gasteiger partial charge in [0, 0.05) is 13.1 Å². The largest absolute Gasteiger partial charge is 0.374 e. The van der Waals surface area contributed by atoms with Crippen molar-refractivity contribution in [2.45, 2.75) is 12.1 Å². The molecule has 1 fully saturated rings. The fourth-order valence-corrected chi connectivity index (χ4v) is 2.18. The molecule has 1 saturated heterocycles. The molecule has 0 aromatic heterocycles. The Bertz CT molecular complexity index is 302. The van der Waals surface area contributed by atoms with Crippen molar-refractivity contribution in [3.05, 3.63) is 35.9 Å². The van der Waals surface area contributed by atoms with Gasteiger partial charge in [-0.25, -0.2) is 0 Å². The Balaban J connectivity index is 2.23. The zero-order valence-electron chi connectivity index (χ0n) is 9.10. The zero-order valence-corrected chi connectivity index (χ0v) is 9.10. The third-order valence-corrected chi connectivity index (χ3v) is 2.98. The average molecular weight is 206 g/mol. The first-order chi connectivity index (χ1) is 7.33. The van der Waals surface area contributed by atoms with Crippen LogP contribution in [0, 0.1) is 0 Å². The molecule has 3 nitrogen and oxygen atoms in total. The number of morpholine rings is 1. The van der Waals surface area contributed by atoms with E-state index in [1.807, 2.05) is 6.07 Å². The molecule has 0 amide bonds. The Kier molecular flexibility index (Phi) is 3.36. The Morgan fingerprint density at radius 1 is 1.40 bits per heavy atom. The highest BCUT2D eigenvalue weighted by molar-refractivity contribution is 5.20. The van der Waals surface area contributed by atoms with E-state index >= 15 is 0 Å². The summed E-state index contributed by atoms with van der Waals surface area (Å²) in [7, 11) is 2.13. The van der Waals surface area contributed by atoms with E-state index in [2.05, 4.69) is 36.2 Å².